The standard InChI is InChI=1S/C19H29N5O2/c1-8-13(9-2)26-19-18(20-4)23-17(12(3)22-19)14-11-21-16(24(5)6)10-15(14)25-7/h10-11,13H,8-9H2,1-7H3,(H,20,23). The maximum Gasteiger partial charge on any atom is 0.257 e. The molecule has 0 radical (unpaired) electrons. The van der Waals surface area contributed by atoms with Crippen LogP contribution in [0.5, 0.6) is 11.6 Å². The number of hydrogen-bond donors (Lipinski definition) is 1. The lowest BCUT2D eigenvalue weighted by Gasteiger charge is -2.19. The summed E-state index contributed by atoms with van der Waals surface area (Å²) in [6, 6.07) is 1.89. The minimum atomic E-state index is 0.122. The molecule has 0 amide bonds. The molecule has 0 aliphatic rings. The summed E-state index contributed by atoms with van der Waals surface area (Å²) in [7, 11) is 7.34. The van der Waals surface area contributed by atoms with Gasteiger partial charge in [0, 0.05) is 33.4 Å². The molecule has 26 heavy (non-hydrogen) atoms. The lowest BCUT2D eigenvalue weighted by atomic mass is 10.1. The predicted octanol–water partition coefficient (Wildman–Crippen LogP) is 3.53. The van der Waals surface area contributed by atoms with Crippen molar-refractivity contribution in [1.29, 1.82) is 0 Å². The summed E-state index contributed by atoms with van der Waals surface area (Å²) in [6.45, 7) is 6.12. The van der Waals surface area contributed by atoms with E-state index in [1.54, 1.807) is 13.3 Å². The largest absolute Gasteiger partial charge is 0.496 e. The number of nitrogens with one attached hydrogen (secondary N) is 1. The molecule has 0 aliphatic heterocycles. The van der Waals surface area contributed by atoms with Crippen molar-refractivity contribution in [3.05, 3.63) is 18.0 Å². The average molecular weight is 359 g/mol. The fourth-order valence-corrected chi connectivity index (χ4v) is 2.63. The number of pyridine rings is 1. The highest BCUT2D eigenvalue weighted by atomic mass is 16.5. The maximum absolute atomic E-state index is 6.02. The predicted molar refractivity (Wildman–Crippen MR) is 105 cm³/mol. The highest BCUT2D eigenvalue weighted by Crippen LogP contribution is 2.34. The zero-order valence-electron chi connectivity index (χ0n) is 16.8. The second-order valence-electron chi connectivity index (χ2n) is 6.25. The lowest BCUT2D eigenvalue weighted by Crippen LogP contribution is -2.17. The van der Waals surface area contributed by atoms with Crippen LogP contribution in [0, 0.1) is 6.92 Å². The summed E-state index contributed by atoms with van der Waals surface area (Å²) < 4.78 is 11.6. The van der Waals surface area contributed by atoms with E-state index in [4.69, 9.17) is 14.5 Å². The van der Waals surface area contributed by atoms with Crippen molar-refractivity contribution in [1.82, 2.24) is 15.0 Å². The number of hydrogen-bond acceptors (Lipinski definition) is 7. The van der Waals surface area contributed by atoms with Crippen molar-refractivity contribution >= 4 is 11.6 Å². The van der Waals surface area contributed by atoms with E-state index in [9.17, 15) is 0 Å². The van der Waals surface area contributed by atoms with Gasteiger partial charge in [-0.15, -0.1) is 0 Å². The third-order valence-corrected chi connectivity index (χ3v) is 4.25. The number of nitrogens with zero attached hydrogens (tertiary/aromatic N) is 4. The van der Waals surface area contributed by atoms with Crippen LogP contribution in [0.1, 0.15) is 32.4 Å². The summed E-state index contributed by atoms with van der Waals surface area (Å²) in [4.78, 5) is 15.8. The highest BCUT2D eigenvalue weighted by Gasteiger charge is 2.19. The summed E-state index contributed by atoms with van der Waals surface area (Å²) in [5.41, 5.74) is 2.29. The van der Waals surface area contributed by atoms with Crippen LogP contribution >= 0.6 is 0 Å². The molecular formula is C19H29N5O2. The number of rotatable bonds is 8. The van der Waals surface area contributed by atoms with E-state index >= 15 is 0 Å². The molecule has 7 heteroatoms. The van der Waals surface area contributed by atoms with Gasteiger partial charge in [-0.1, -0.05) is 13.8 Å². The third kappa shape index (κ3) is 4.15. The zero-order chi connectivity index (χ0) is 19.3. The van der Waals surface area contributed by atoms with Gasteiger partial charge in [0.05, 0.1) is 24.1 Å². The van der Waals surface area contributed by atoms with Crippen molar-refractivity contribution in [3.63, 3.8) is 0 Å². The quantitative estimate of drug-likeness (QED) is 0.773. The third-order valence-electron chi connectivity index (χ3n) is 4.25. The van der Waals surface area contributed by atoms with Gasteiger partial charge in [-0.05, 0) is 19.8 Å². The fraction of sp³-hybridized carbons (Fsp3) is 0.526. The Labute approximate surface area is 155 Å². The molecule has 2 rings (SSSR count). The van der Waals surface area contributed by atoms with Gasteiger partial charge in [-0.25, -0.2) is 15.0 Å². The smallest absolute Gasteiger partial charge is 0.257 e. The maximum atomic E-state index is 6.02. The Morgan fingerprint density at radius 3 is 2.42 bits per heavy atom. The van der Waals surface area contributed by atoms with Crippen LogP contribution in [-0.4, -0.2) is 49.3 Å². The number of aromatic nitrogens is 3. The monoisotopic (exact) mass is 359 g/mol. The molecule has 0 aromatic carbocycles. The first kappa shape index (κ1) is 19.8. The molecule has 0 aliphatic carbocycles. The van der Waals surface area contributed by atoms with Gasteiger partial charge in [-0.2, -0.15) is 0 Å². The van der Waals surface area contributed by atoms with Gasteiger partial charge in [0.25, 0.3) is 5.88 Å². The van der Waals surface area contributed by atoms with Crippen molar-refractivity contribution in [2.45, 2.75) is 39.7 Å². The van der Waals surface area contributed by atoms with Gasteiger partial charge in [-0.3, -0.25) is 0 Å². The molecule has 0 fully saturated rings. The fourth-order valence-electron chi connectivity index (χ4n) is 2.63. The molecule has 1 N–H and O–H groups in total. The van der Waals surface area contributed by atoms with Gasteiger partial charge >= 0.3 is 0 Å². The Hall–Kier alpha value is -2.57. The minimum absolute atomic E-state index is 0.122. The number of methoxy groups -OCH3 is 1. The van der Waals surface area contributed by atoms with Crippen LogP contribution in [0.15, 0.2) is 12.3 Å². The Morgan fingerprint density at radius 1 is 1.19 bits per heavy atom. The van der Waals surface area contributed by atoms with Gasteiger partial charge < -0.3 is 19.7 Å². The minimum Gasteiger partial charge on any atom is -0.496 e. The van der Waals surface area contributed by atoms with Gasteiger partial charge in [0.2, 0.25) is 0 Å². The Kier molecular flexibility index (Phi) is 6.60. The van der Waals surface area contributed by atoms with E-state index in [2.05, 4.69) is 29.1 Å². The first-order chi connectivity index (χ1) is 12.4. The summed E-state index contributed by atoms with van der Waals surface area (Å²) in [5.74, 6) is 2.66. The molecule has 0 unspecified atom stereocenters. The summed E-state index contributed by atoms with van der Waals surface area (Å²) >= 11 is 0. The van der Waals surface area contributed by atoms with Crippen LogP contribution in [-0.2, 0) is 0 Å². The normalized spacial score (nSPS) is 10.8. The van der Waals surface area contributed by atoms with E-state index in [0.717, 1.165) is 35.6 Å². The van der Waals surface area contributed by atoms with Gasteiger partial charge in [0.15, 0.2) is 5.82 Å². The lowest BCUT2D eigenvalue weighted by molar-refractivity contribution is 0.185. The molecular weight excluding hydrogens is 330 g/mol. The molecule has 2 heterocycles. The van der Waals surface area contributed by atoms with Crippen molar-refractivity contribution < 1.29 is 9.47 Å². The topological polar surface area (TPSA) is 72.4 Å². The molecule has 0 saturated carbocycles. The van der Waals surface area contributed by atoms with E-state index in [1.165, 1.54) is 0 Å². The zero-order valence-corrected chi connectivity index (χ0v) is 16.8. The molecule has 0 spiro atoms. The number of anilines is 2. The van der Waals surface area contributed by atoms with Crippen molar-refractivity contribution in [2.75, 3.05) is 38.5 Å². The average Bonchev–Trinajstić information content (AvgIpc) is 2.65. The first-order valence-electron chi connectivity index (χ1n) is 8.89. The Balaban J connectivity index is 2.51. The van der Waals surface area contributed by atoms with Crippen molar-refractivity contribution in [2.24, 2.45) is 0 Å². The molecule has 2 aromatic rings. The van der Waals surface area contributed by atoms with Crippen LogP contribution in [0.2, 0.25) is 0 Å². The Bertz CT molecular complexity index is 745. The summed E-state index contributed by atoms with van der Waals surface area (Å²) in [5, 5.41) is 3.09. The number of aryl methyl sites for hydroxylation is 1. The second kappa shape index (κ2) is 8.69. The van der Waals surface area contributed by atoms with E-state index in [1.807, 2.05) is 39.0 Å². The molecule has 2 aromatic heterocycles. The first-order valence-corrected chi connectivity index (χ1v) is 8.89. The molecule has 0 atom stereocenters. The van der Waals surface area contributed by atoms with Crippen LogP contribution in [0.4, 0.5) is 11.6 Å². The van der Waals surface area contributed by atoms with E-state index in [0.29, 0.717) is 17.4 Å². The van der Waals surface area contributed by atoms with Crippen LogP contribution in [0.25, 0.3) is 11.3 Å². The van der Waals surface area contributed by atoms with Gasteiger partial charge in [0.1, 0.15) is 17.7 Å². The molecule has 0 bridgehead atoms. The highest BCUT2D eigenvalue weighted by molar-refractivity contribution is 5.72. The molecule has 142 valence electrons. The Morgan fingerprint density at radius 2 is 1.88 bits per heavy atom. The molecule has 7 nitrogen and oxygen atoms in total. The van der Waals surface area contributed by atoms with Crippen LogP contribution in [0.3, 0.4) is 0 Å². The van der Waals surface area contributed by atoms with E-state index < -0.39 is 0 Å². The van der Waals surface area contributed by atoms with E-state index in [-0.39, 0.29) is 6.10 Å². The second-order valence-corrected chi connectivity index (χ2v) is 6.25. The number of ether oxygens (including phenoxy) is 2. The van der Waals surface area contributed by atoms with Crippen LogP contribution < -0.4 is 19.7 Å². The summed E-state index contributed by atoms with van der Waals surface area (Å²) in [6.07, 6.45) is 3.74. The SMILES string of the molecule is CCC(CC)Oc1nc(C)c(-c2cnc(N(C)C)cc2OC)nc1NC. The van der Waals surface area contributed by atoms with Crippen molar-refractivity contribution in [3.8, 4) is 22.9 Å². The molecule has 0 saturated heterocycles.